The fraction of sp³-hybridized carbons (Fsp3) is 0.471. The molecule has 0 radical (unpaired) electrons. The molecule has 0 aliphatic rings. The number of rotatable bonds is 5. The predicted octanol–water partition coefficient (Wildman–Crippen LogP) is 4.31. The van der Waals surface area contributed by atoms with Crippen molar-refractivity contribution in [2.24, 2.45) is 0 Å². The van der Waals surface area contributed by atoms with Gasteiger partial charge in [-0.25, -0.2) is 4.68 Å². The van der Waals surface area contributed by atoms with Crippen LogP contribution in [0.25, 0.3) is 5.69 Å². The third-order valence-electron chi connectivity index (χ3n) is 3.78. The van der Waals surface area contributed by atoms with Gasteiger partial charge in [0.15, 0.2) is 0 Å². The highest BCUT2D eigenvalue weighted by Crippen LogP contribution is 2.24. The van der Waals surface area contributed by atoms with Crippen molar-refractivity contribution in [3.05, 3.63) is 45.2 Å². The molecular weight excluding hydrogens is 326 g/mol. The topological polar surface area (TPSA) is 29.9 Å². The minimum atomic E-state index is 0.486. The average molecular weight is 350 g/mol. The number of hydrogen-bond acceptors (Lipinski definition) is 2. The van der Waals surface area contributed by atoms with Crippen molar-refractivity contribution >= 4 is 15.9 Å². The number of aryl methyl sites for hydroxylation is 1. The van der Waals surface area contributed by atoms with Gasteiger partial charge in [0, 0.05) is 22.8 Å². The normalized spacial score (nSPS) is 11.4. The summed E-state index contributed by atoms with van der Waals surface area (Å²) < 4.78 is 3.16. The van der Waals surface area contributed by atoms with E-state index in [4.69, 9.17) is 0 Å². The summed E-state index contributed by atoms with van der Waals surface area (Å²) in [5, 5.41) is 8.12. The Balaban J connectivity index is 2.32. The first kappa shape index (κ1) is 16.2. The number of hydrogen-bond donors (Lipinski definition) is 1. The summed E-state index contributed by atoms with van der Waals surface area (Å²) in [6, 6.07) is 6.94. The molecular formula is C17H24BrN3. The molecule has 0 amide bonds. The van der Waals surface area contributed by atoms with Crippen molar-refractivity contribution in [1.29, 1.82) is 0 Å². The molecule has 0 aliphatic carbocycles. The van der Waals surface area contributed by atoms with Crippen molar-refractivity contribution in [2.75, 3.05) is 0 Å². The minimum Gasteiger partial charge on any atom is -0.310 e. The van der Waals surface area contributed by atoms with Crippen LogP contribution in [0.15, 0.2) is 22.7 Å². The van der Waals surface area contributed by atoms with Crippen LogP contribution in [0.5, 0.6) is 0 Å². The molecule has 0 bridgehead atoms. The molecule has 4 heteroatoms. The summed E-state index contributed by atoms with van der Waals surface area (Å²) in [5.41, 5.74) is 6.07. The largest absolute Gasteiger partial charge is 0.310 e. The Morgan fingerprint density at radius 2 is 2.00 bits per heavy atom. The first-order valence-electron chi connectivity index (χ1n) is 7.51. The first-order chi connectivity index (χ1) is 9.93. The van der Waals surface area contributed by atoms with Crippen LogP contribution in [0, 0.1) is 13.8 Å². The Bertz CT molecular complexity index is 629. The van der Waals surface area contributed by atoms with Crippen molar-refractivity contribution in [3.63, 3.8) is 0 Å². The van der Waals surface area contributed by atoms with E-state index >= 15 is 0 Å². The van der Waals surface area contributed by atoms with Crippen molar-refractivity contribution in [1.82, 2.24) is 15.1 Å². The van der Waals surface area contributed by atoms with Gasteiger partial charge in [0.2, 0.25) is 0 Å². The van der Waals surface area contributed by atoms with Crippen LogP contribution in [0.2, 0.25) is 0 Å². The van der Waals surface area contributed by atoms with Crippen molar-refractivity contribution in [3.8, 4) is 5.69 Å². The maximum absolute atomic E-state index is 4.68. The van der Waals surface area contributed by atoms with E-state index in [9.17, 15) is 0 Å². The predicted molar refractivity (Wildman–Crippen MR) is 92.1 cm³/mol. The molecule has 1 N–H and O–H groups in total. The lowest BCUT2D eigenvalue weighted by Gasteiger charge is -2.12. The third kappa shape index (κ3) is 3.55. The van der Waals surface area contributed by atoms with Gasteiger partial charge < -0.3 is 5.32 Å². The van der Waals surface area contributed by atoms with Gasteiger partial charge in [0.25, 0.3) is 0 Å². The van der Waals surface area contributed by atoms with Crippen LogP contribution in [-0.4, -0.2) is 15.8 Å². The number of aromatic nitrogens is 2. The fourth-order valence-electron chi connectivity index (χ4n) is 2.56. The van der Waals surface area contributed by atoms with Crippen LogP contribution in [0.1, 0.15) is 43.3 Å². The van der Waals surface area contributed by atoms with Crippen LogP contribution >= 0.6 is 15.9 Å². The van der Waals surface area contributed by atoms with E-state index in [0.717, 1.165) is 28.8 Å². The standard InChI is InChI=1S/C17H24BrN3/c1-6-16-12(4)20-21(13(16)5)15-8-7-14(17(18)9-15)10-19-11(2)3/h7-9,11,19H,6,10H2,1-5H3. The molecule has 114 valence electrons. The molecule has 3 nitrogen and oxygen atoms in total. The van der Waals surface area contributed by atoms with Gasteiger partial charge in [0.05, 0.1) is 11.4 Å². The van der Waals surface area contributed by atoms with E-state index in [-0.39, 0.29) is 0 Å². The molecule has 2 aromatic rings. The second kappa shape index (κ2) is 6.75. The number of benzene rings is 1. The van der Waals surface area contributed by atoms with E-state index < -0.39 is 0 Å². The summed E-state index contributed by atoms with van der Waals surface area (Å²) in [5.74, 6) is 0. The van der Waals surface area contributed by atoms with Gasteiger partial charge in [-0.05, 0) is 43.5 Å². The van der Waals surface area contributed by atoms with Gasteiger partial charge in [-0.15, -0.1) is 0 Å². The maximum atomic E-state index is 4.68. The van der Waals surface area contributed by atoms with Crippen LogP contribution in [0.3, 0.4) is 0 Å². The molecule has 1 aromatic heterocycles. The lowest BCUT2D eigenvalue weighted by atomic mass is 10.1. The molecule has 0 aliphatic heterocycles. The van der Waals surface area contributed by atoms with E-state index in [1.54, 1.807) is 0 Å². The second-order valence-electron chi connectivity index (χ2n) is 5.73. The molecule has 21 heavy (non-hydrogen) atoms. The van der Waals surface area contributed by atoms with Gasteiger partial charge >= 0.3 is 0 Å². The Kier molecular flexibility index (Phi) is 5.22. The second-order valence-corrected chi connectivity index (χ2v) is 6.58. The monoisotopic (exact) mass is 349 g/mol. The Hall–Kier alpha value is -1.13. The Morgan fingerprint density at radius 1 is 1.29 bits per heavy atom. The molecule has 0 saturated carbocycles. The van der Waals surface area contributed by atoms with E-state index in [2.05, 4.69) is 79.2 Å². The lowest BCUT2D eigenvalue weighted by Crippen LogP contribution is -2.22. The fourth-order valence-corrected chi connectivity index (χ4v) is 3.07. The zero-order valence-electron chi connectivity index (χ0n) is 13.5. The highest BCUT2D eigenvalue weighted by atomic mass is 79.9. The Labute approximate surface area is 135 Å². The summed E-state index contributed by atoms with van der Waals surface area (Å²) in [4.78, 5) is 0. The molecule has 0 fully saturated rings. The molecule has 0 saturated heterocycles. The van der Waals surface area contributed by atoms with Crippen molar-refractivity contribution in [2.45, 2.75) is 53.6 Å². The highest BCUT2D eigenvalue weighted by Gasteiger charge is 2.12. The van der Waals surface area contributed by atoms with Crippen LogP contribution in [0.4, 0.5) is 0 Å². The molecule has 2 rings (SSSR count). The molecule has 0 unspecified atom stereocenters. The summed E-state index contributed by atoms with van der Waals surface area (Å²) in [6.45, 7) is 11.6. The van der Waals surface area contributed by atoms with Gasteiger partial charge in [-0.1, -0.05) is 42.8 Å². The quantitative estimate of drug-likeness (QED) is 0.871. The zero-order valence-corrected chi connectivity index (χ0v) is 15.1. The van der Waals surface area contributed by atoms with E-state index in [1.165, 1.54) is 16.8 Å². The van der Waals surface area contributed by atoms with E-state index in [1.807, 2.05) is 4.68 Å². The first-order valence-corrected chi connectivity index (χ1v) is 8.30. The lowest BCUT2D eigenvalue weighted by molar-refractivity contribution is 0.588. The summed E-state index contributed by atoms with van der Waals surface area (Å²) in [6.07, 6.45) is 1.02. The smallest absolute Gasteiger partial charge is 0.0660 e. The molecule has 0 spiro atoms. The molecule has 1 heterocycles. The average Bonchev–Trinajstić information content (AvgIpc) is 2.72. The summed E-state index contributed by atoms with van der Waals surface area (Å²) >= 11 is 3.68. The molecule has 0 atom stereocenters. The van der Waals surface area contributed by atoms with Gasteiger partial charge in [-0.2, -0.15) is 5.10 Å². The Morgan fingerprint density at radius 3 is 2.52 bits per heavy atom. The molecule has 1 aromatic carbocycles. The van der Waals surface area contributed by atoms with Crippen LogP contribution in [-0.2, 0) is 13.0 Å². The van der Waals surface area contributed by atoms with Crippen LogP contribution < -0.4 is 5.32 Å². The SMILES string of the molecule is CCc1c(C)nn(-c2ccc(CNC(C)C)c(Br)c2)c1C. The van der Waals surface area contributed by atoms with Gasteiger partial charge in [0.1, 0.15) is 0 Å². The highest BCUT2D eigenvalue weighted by molar-refractivity contribution is 9.10. The summed E-state index contributed by atoms with van der Waals surface area (Å²) in [7, 11) is 0. The van der Waals surface area contributed by atoms with E-state index in [0.29, 0.717) is 6.04 Å². The maximum Gasteiger partial charge on any atom is 0.0660 e. The number of halogens is 1. The van der Waals surface area contributed by atoms with Gasteiger partial charge in [-0.3, -0.25) is 0 Å². The zero-order chi connectivity index (χ0) is 15.6. The third-order valence-corrected chi connectivity index (χ3v) is 4.51. The van der Waals surface area contributed by atoms with Crippen molar-refractivity contribution < 1.29 is 0 Å². The number of nitrogens with one attached hydrogen (secondary N) is 1. The number of nitrogens with zero attached hydrogens (tertiary/aromatic N) is 2. The minimum absolute atomic E-state index is 0.486.